The van der Waals surface area contributed by atoms with Gasteiger partial charge >= 0.3 is 0 Å². The average Bonchev–Trinajstić information content (AvgIpc) is 2.55. The number of hydrogen-bond acceptors (Lipinski definition) is 1. The third kappa shape index (κ3) is 3.84. The van der Waals surface area contributed by atoms with Crippen LogP contribution in [0.5, 0.6) is 0 Å². The Balaban J connectivity index is 2.35. The second-order valence-electron chi connectivity index (χ2n) is 9.10. The summed E-state index contributed by atoms with van der Waals surface area (Å²) in [7, 11) is -3.98. The molecule has 0 aliphatic carbocycles. The molecule has 3 heteroatoms. The van der Waals surface area contributed by atoms with Crippen LogP contribution in [0.2, 0.25) is 26.2 Å². The fourth-order valence-electron chi connectivity index (χ4n) is 3.30. The summed E-state index contributed by atoms with van der Waals surface area (Å²) in [5, 5.41) is 0.122. The molecule has 0 saturated heterocycles. The van der Waals surface area contributed by atoms with Crippen molar-refractivity contribution in [3.63, 3.8) is 0 Å². The van der Waals surface area contributed by atoms with E-state index in [1.807, 2.05) is 0 Å². The van der Waals surface area contributed by atoms with Crippen molar-refractivity contribution in [3.8, 4) is 0 Å². The summed E-state index contributed by atoms with van der Waals surface area (Å²) in [5.74, 6) is 0. The zero-order valence-corrected chi connectivity index (χ0v) is 19.2. The Kier molecular flexibility index (Phi) is 5.53. The second kappa shape index (κ2) is 6.86. The van der Waals surface area contributed by atoms with Crippen LogP contribution < -0.4 is 0 Å². The molecule has 0 heterocycles. The Morgan fingerprint density at radius 2 is 0.840 bits per heavy atom. The number of benzene rings is 2. The molecule has 2 rings (SSSR count). The molecule has 2 aromatic carbocycles. The summed E-state index contributed by atoms with van der Waals surface area (Å²) in [6.07, 6.45) is 0. The summed E-state index contributed by atoms with van der Waals surface area (Å²) in [4.78, 5) is 0. The topological polar surface area (TPSA) is 9.23 Å². The zero-order valence-electron chi connectivity index (χ0n) is 17.2. The van der Waals surface area contributed by atoms with Gasteiger partial charge in [0.1, 0.15) is 0 Å². The van der Waals surface area contributed by atoms with Crippen LogP contribution >= 0.6 is 0 Å². The van der Waals surface area contributed by atoms with Gasteiger partial charge in [0.25, 0.3) is 0 Å². The van der Waals surface area contributed by atoms with Gasteiger partial charge in [0.05, 0.1) is 0 Å². The minimum Gasteiger partial charge on any atom is -0.454 e. The smallest absolute Gasteiger partial charge is 0.183 e. The van der Waals surface area contributed by atoms with Crippen molar-refractivity contribution in [2.75, 3.05) is 0 Å². The van der Waals surface area contributed by atoms with Gasteiger partial charge in [-0.05, 0) is 37.3 Å². The van der Waals surface area contributed by atoms with E-state index >= 15 is 0 Å². The molecule has 0 aliphatic rings. The highest BCUT2D eigenvalue weighted by atomic mass is 28.4. The Bertz CT molecular complexity index is 627. The molecule has 0 N–H and O–H groups in total. The maximum atomic E-state index is 7.14. The van der Waals surface area contributed by atoms with Crippen LogP contribution in [0, 0.1) is 0 Å². The average molecular weight is 371 g/mol. The molecule has 0 unspecified atom stereocenters. The van der Waals surface area contributed by atoms with E-state index < -0.39 is 16.6 Å². The highest BCUT2D eigenvalue weighted by Crippen LogP contribution is 2.41. The van der Waals surface area contributed by atoms with E-state index in [0.717, 1.165) is 0 Å². The first-order valence-corrected chi connectivity index (χ1v) is 15.0. The van der Waals surface area contributed by atoms with Gasteiger partial charge in [0.2, 0.25) is 0 Å². The van der Waals surface area contributed by atoms with Crippen LogP contribution in [0.4, 0.5) is 0 Å². The number of rotatable bonds is 6. The third-order valence-corrected chi connectivity index (χ3v) is 17.2. The molecule has 2 aromatic rings. The molecule has 0 spiro atoms. The molecule has 0 radical (unpaired) electrons. The maximum Gasteiger partial charge on any atom is 0.183 e. The van der Waals surface area contributed by atoms with Crippen LogP contribution in [0.15, 0.2) is 60.7 Å². The zero-order chi connectivity index (χ0) is 18.9. The van der Waals surface area contributed by atoms with Gasteiger partial charge in [-0.3, -0.25) is 0 Å². The first-order valence-electron chi connectivity index (χ1n) is 9.23. The second-order valence-corrected chi connectivity index (χ2v) is 18.5. The van der Waals surface area contributed by atoms with Gasteiger partial charge in [-0.15, -0.1) is 0 Å². The van der Waals surface area contributed by atoms with Gasteiger partial charge in [0, 0.05) is 10.1 Å². The van der Waals surface area contributed by atoms with E-state index in [9.17, 15) is 0 Å². The maximum absolute atomic E-state index is 7.14. The van der Waals surface area contributed by atoms with Crippen molar-refractivity contribution in [1.29, 1.82) is 0 Å². The van der Waals surface area contributed by atoms with Crippen LogP contribution in [-0.4, -0.2) is 16.6 Å². The molecular weight excluding hydrogens is 336 g/mol. The lowest BCUT2D eigenvalue weighted by Gasteiger charge is -2.49. The highest BCUT2D eigenvalue weighted by molar-refractivity contribution is 6.87. The molecule has 0 atom stereocenters. The van der Waals surface area contributed by atoms with E-state index in [0.29, 0.717) is 0 Å². The fourth-order valence-corrected chi connectivity index (χ4v) is 12.2. The fraction of sp³-hybridized carbons (Fsp3) is 0.455. The van der Waals surface area contributed by atoms with Crippen LogP contribution in [0.3, 0.4) is 0 Å². The summed E-state index contributed by atoms with van der Waals surface area (Å²) >= 11 is 0. The Morgan fingerprint density at radius 3 is 1.12 bits per heavy atom. The highest BCUT2D eigenvalue weighted by Gasteiger charge is 2.51. The van der Waals surface area contributed by atoms with Crippen LogP contribution in [0.25, 0.3) is 0 Å². The minimum absolute atomic E-state index is 0.0608. The van der Waals surface area contributed by atoms with E-state index in [-0.39, 0.29) is 10.1 Å². The van der Waals surface area contributed by atoms with Crippen LogP contribution in [0.1, 0.15) is 38.8 Å². The van der Waals surface area contributed by atoms with Crippen molar-refractivity contribution in [2.24, 2.45) is 0 Å². The van der Waals surface area contributed by atoms with Crippen molar-refractivity contribution in [2.45, 2.75) is 64.0 Å². The molecule has 0 fully saturated rings. The summed E-state index contributed by atoms with van der Waals surface area (Å²) in [5.41, 5.74) is 2.77. The minimum atomic E-state index is -1.99. The van der Waals surface area contributed by atoms with Gasteiger partial charge in [-0.1, -0.05) is 88.4 Å². The molecule has 0 saturated carbocycles. The van der Waals surface area contributed by atoms with Gasteiger partial charge in [-0.25, -0.2) is 0 Å². The third-order valence-electron chi connectivity index (χ3n) is 6.51. The van der Waals surface area contributed by atoms with Crippen molar-refractivity contribution < 1.29 is 4.12 Å². The van der Waals surface area contributed by atoms with E-state index in [4.69, 9.17) is 4.12 Å². The monoisotopic (exact) mass is 370 g/mol. The molecule has 0 bridgehead atoms. The first-order chi connectivity index (χ1) is 11.4. The normalized spacial score (nSPS) is 13.8. The summed E-state index contributed by atoms with van der Waals surface area (Å²) in [6.45, 7) is 19.0. The molecule has 0 aliphatic heterocycles. The molecule has 0 amide bonds. The SMILES string of the molecule is CC(C)(c1ccccc1)[Si](C)(C)O[Si](C)(C)C(C)(C)c1ccccc1. The van der Waals surface area contributed by atoms with Gasteiger partial charge in [0.15, 0.2) is 16.6 Å². The van der Waals surface area contributed by atoms with Gasteiger partial charge in [-0.2, -0.15) is 0 Å². The Morgan fingerprint density at radius 1 is 0.560 bits per heavy atom. The van der Waals surface area contributed by atoms with E-state index in [2.05, 4.69) is 115 Å². The van der Waals surface area contributed by atoms with Gasteiger partial charge < -0.3 is 4.12 Å². The lowest BCUT2D eigenvalue weighted by Crippen LogP contribution is -2.61. The predicted molar refractivity (Wildman–Crippen MR) is 115 cm³/mol. The predicted octanol–water partition coefficient (Wildman–Crippen LogP) is 6.45. The van der Waals surface area contributed by atoms with Crippen molar-refractivity contribution in [1.82, 2.24) is 0 Å². The largest absolute Gasteiger partial charge is 0.454 e. The molecule has 1 nitrogen and oxygen atoms in total. The quantitative estimate of drug-likeness (QED) is 0.531. The first kappa shape index (κ1) is 20.1. The summed E-state index contributed by atoms with van der Waals surface area (Å²) < 4.78 is 7.14. The molecule has 25 heavy (non-hydrogen) atoms. The van der Waals surface area contributed by atoms with E-state index in [1.54, 1.807) is 0 Å². The lowest BCUT2D eigenvalue weighted by atomic mass is 10.0. The molecular formula is C22H34OSi2. The van der Waals surface area contributed by atoms with Crippen molar-refractivity contribution >= 4 is 16.6 Å². The molecule has 136 valence electrons. The lowest BCUT2D eigenvalue weighted by molar-refractivity contribution is 0.445. The standard InChI is InChI=1S/C22H34OSi2/c1-21(2,19-15-11-9-12-16-19)24(5,6)23-25(7,8)22(3,4)20-17-13-10-14-18-20/h9-18H,1-8H3. The van der Waals surface area contributed by atoms with E-state index in [1.165, 1.54) is 11.1 Å². The number of hydrogen-bond donors (Lipinski definition) is 0. The van der Waals surface area contributed by atoms with Crippen molar-refractivity contribution in [3.05, 3.63) is 71.8 Å². The Hall–Kier alpha value is -1.17. The van der Waals surface area contributed by atoms with Crippen LogP contribution in [-0.2, 0) is 14.2 Å². The summed E-state index contributed by atoms with van der Waals surface area (Å²) in [6, 6.07) is 21.7. The molecule has 0 aromatic heterocycles. The Labute approximate surface area is 156 Å².